The number of nitrogens with zero attached hydrogens (tertiary/aromatic N) is 2. The Morgan fingerprint density at radius 1 is 1.00 bits per heavy atom. The van der Waals surface area contributed by atoms with Crippen LogP contribution >= 0.6 is 0 Å². The van der Waals surface area contributed by atoms with Crippen LogP contribution < -0.4 is 5.32 Å². The molecule has 2 heterocycles. The quantitative estimate of drug-likeness (QED) is 0.855. The molecule has 20 heavy (non-hydrogen) atoms. The summed E-state index contributed by atoms with van der Waals surface area (Å²) in [5, 5.41) is 3.61. The SMILES string of the molecule is CCC1CCC(NC)C(N2CCN3CCCCC3C2)C1. The first-order valence-electron chi connectivity index (χ1n) is 8.97. The highest BCUT2D eigenvalue weighted by Gasteiger charge is 2.37. The maximum Gasteiger partial charge on any atom is 0.0253 e. The van der Waals surface area contributed by atoms with E-state index in [1.54, 1.807) is 0 Å². The predicted octanol–water partition coefficient (Wildman–Crippen LogP) is 2.32. The van der Waals surface area contributed by atoms with Crippen LogP contribution in [0.3, 0.4) is 0 Å². The van der Waals surface area contributed by atoms with Gasteiger partial charge in [-0.2, -0.15) is 0 Å². The Morgan fingerprint density at radius 2 is 1.85 bits per heavy atom. The van der Waals surface area contributed by atoms with Gasteiger partial charge in [0.05, 0.1) is 0 Å². The van der Waals surface area contributed by atoms with E-state index in [9.17, 15) is 0 Å². The molecule has 3 rings (SSSR count). The molecule has 0 amide bonds. The van der Waals surface area contributed by atoms with Gasteiger partial charge >= 0.3 is 0 Å². The molecule has 4 atom stereocenters. The highest BCUT2D eigenvalue weighted by atomic mass is 15.3. The van der Waals surface area contributed by atoms with E-state index in [-0.39, 0.29) is 0 Å². The fraction of sp³-hybridized carbons (Fsp3) is 1.00. The number of piperidine rings is 1. The highest BCUT2D eigenvalue weighted by Crippen LogP contribution is 2.32. The number of likely N-dealkylation sites (N-methyl/N-ethyl adjacent to an activating group) is 1. The normalized spacial score (nSPS) is 40.5. The lowest BCUT2D eigenvalue weighted by Crippen LogP contribution is -2.61. The first-order chi connectivity index (χ1) is 9.81. The Balaban J connectivity index is 1.63. The van der Waals surface area contributed by atoms with E-state index in [2.05, 4.69) is 29.1 Å². The Kier molecular flexibility index (Phi) is 5.00. The van der Waals surface area contributed by atoms with Crippen LogP contribution in [0.5, 0.6) is 0 Å². The maximum atomic E-state index is 3.61. The molecule has 1 saturated carbocycles. The van der Waals surface area contributed by atoms with Crippen LogP contribution in [-0.4, -0.2) is 61.2 Å². The molecule has 0 aromatic carbocycles. The molecule has 2 aliphatic heterocycles. The molecule has 3 fully saturated rings. The molecule has 2 saturated heterocycles. The average Bonchev–Trinajstić information content (AvgIpc) is 2.53. The Hall–Kier alpha value is -0.120. The Labute approximate surface area is 125 Å². The van der Waals surface area contributed by atoms with Crippen molar-refractivity contribution in [2.75, 3.05) is 33.2 Å². The van der Waals surface area contributed by atoms with Crippen molar-refractivity contribution >= 4 is 0 Å². The van der Waals surface area contributed by atoms with Crippen molar-refractivity contribution < 1.29 is 0 Å². The fourth-order valence-corrected chi connectivity index (χ4v) is 4.82. The molecule has 0 spiro atoms. The zero-order chi connectivity index (χ0) is 13.9. The monoisotopic (exact) mass is 279 g/mol. The van der Waals surface area contributed by atoms with Gasteiger partial charge in [0, 0.05) is 37.8 Å². The summed E-state index contributed by atoms with van der Waals surface area (Å²) in [6.07, 6.45) is 9.92. The second kappa shape index (κ2) is 6.76. The van der Waals surface area contributed by atoms with Gasteiger partial charge in [-0.15, -0.1) is 0 Å². The van der Waals surface area contributed by atoms with Crippen molar-refractivity contribution in [2.24, 2.45) is 5.92 Å². The number of nitrogens with one attached hydrogen (secondary N) is 1. The van der Waals surface area contributed by atoms with Crippen molar-refractivity contribution in [3.8, 4) is 0 Å². The predicted molar refractivity (Wildman–Crippen MR) is 85.1 cm³/mol. The molecular weight excluding hydrogens is 246 g/mol. The first-order valence-corrected chi connectivity index (χ1v) is 8.97. The summed E-state index contributed by atoms with van der Waals surface area (Å²) in [6, 6.07) is 2.38. The molecule has 0 bridgehead atoms. The van der Waals surface area contributed by atoms with Crippen LogP contribution in [-0.2, 0) is 0 Å². The molecule has 4 unspecified atom stereocenters. The summed E-state index contributed by atoms with van der Waals surface area (Å²) in [7, 11) is 2.17. The zero-order valence-corrected chi connectivity index (χ0v) is 13.5. The molecule has 116 valence electrons. The van der Waals surface area contributed by atoms with Gasteiger partial charge < -0.3 is 5.32 Å². The van der Waals surface area contributed by atoms with Gasteiger partial charge in [0.2, 0.25) is 0 Å². The standard InChI is InChI=1S/C17H33N3/c1-3-14-7-8-16(18-2)17(12-14)20-11-10-19-9-5-4-6-15(19)13-20/h14-18H,3-13H2,1-2H3. The third-order valence-electron chi connectivity index (χ3n) is 6.21. The van der Waals surface area contributed by atoms with E-state index >= 15 is 0 Å². The second-order valence-electron chi connectivity index (χ2n) is 7.23. The van der Waals surface area contributed by atoms with Gasteiger partial charge in [-0.3, -0.25) is 9.80 Å². The highest BCUT2D eigenvalue weighted by molar-refractivity contribution is 4.95. The minimum absolute atomic E-state index is 0.730. The van der Waals surface area contributed by atoms with Crippen molar-refractivity contribution in [1.29, 1.82) is 0 Å². The van der Waals surface area contributed by atoms with Gasteiger partial charge in [-0.05, 0) is 51.6 Å². The lowest BCUT2D eigenvalue weighted by molar-refractivity contribution is 0.00225. The van der Waals surface area contributed by atoms with E-state index < -0.39 is 0 Å². The van der Waals surface area contributed by atoms with Gasteiger partial charge in [-0.25, -0.2) is 0 Å². The third kappa shape index (κ3) is 3.05. The average molecular weight is 279 g/mol. The van der Waals surface area contributed by atoms with Crippen molar-refractivity contribution in [3.63, 3.8) is 0 Å². The molecular formula is C17H33N3. The summed E-state index contributed by atoms with van der Waals surface area (Å²) >= 11 is 0. The summed E-state index contributed by atoms with van der Waals surface area (Å²) < 4.78 is 0. The van der Waals surface area contributed by atoms with Gasteiger partial charge in [-0.1, -0.05) is 19.8 Å². The fourth-order valence-electron chi connectivity index (χ4n) is 4.82. The molecule has 0 radical (unpaired) electrons. The molecule has 1 N–H and O–H groups in total. The van der Waals surface area contributed by atoms with E-state index in [1.807, 2.05) is 0 Å². The molecule has 3 nitrogen and oxygen atoms in total. The lowest BCUT2D eigenvalue weighted by atomic mass is 9.79. The van der Waals surface area contributed by atoms with Crippen molar-refractivity contribution in [2.45, 2.75) is 70.0 Å². The van der Waals surface area contributed by atoms with Crippen LogP contribution in [0.2, 0.25) is 0 Å². The minimum Gasteiger partial charge on any atom is -0.315 e. The maximum absolute atomic E-state index is 3.61. The topological polar surface area (TPSA) is 18.5 Å². The van der Waals surface area contributed by atoms with Crippen LogP contribution in [0.25, 0.3) is 0 Å². The van der Waals surface area contributed by atoms with Crippen LogP contribution in [0.15, 0.2) is 0 Å². The van der Waals surface area contributed by atoms with Crippen LogP contribution in [0.1, 0.15) is 51.9 Å². The van der Waals surface area contributed by atoms with E-state index in [4.69, 9.17) is 0 Å². The van der Waals surface area contributed by atoms with E-state index in [0.29, 0.717) is 0 Å². The van der Waals surface area contributed by atoms with Gasteiger partial charge in [0.15, 0.2) is 0 Å². The van der Waals surface area contributed by atoms with Crippen molar-refractivity contribution in [1.82, 2.24) is 15.1 Å². The van der Waals surface area contributed by atoms with Crippen LogP contribution in [0, 0.1) is 5.92 Å². The minimum atomic E-state index is 0.730. The lowest BCUT2D eigenvalue weighted by Gasteiger charge is -2.50. The van der Waals surface area contributed by atoms with E-state index in [0.717, 1.165) is 24.0 Å². The first kappa shape index (κ1) is 14.8. The zero-order valence-electron chi connectivity index (χ0n) is 13.5. The molecule has 3 aliphatic rings. The number of hydrogen-bond acceptors (Lipinski definition) is 3. The molecule has 1 aliphatic carbocycles. The summed E-state index contributed by atoms with van der Waals surface area (Å²) in [5.41, 5.74) is 0. The number of fused-ring (bicyclic) bond motifs is 1. The smallest absolute Gasteiger partial charge is 0.0253 e. The summed E-state index contributed by atoms with van der Waals surface area (Å²) in [4.78, 5) is 5.60. The van der Waals surface area contributed by atoms with E-state index in [1.165, 1.54) is 71.1 Å². The van der Waals surface area contributed by atoms with Crippen LogP contribution in [0.4, 0.5) is 0 Å². The molecule has 3 heteroatoms. The third-order valence-corrected chi connectivity index (χ3v) is 6.21. The number of piperazine rings is 1. The van der Waals surface area contributed by atoms with Gasteiger partial charge in [0.1, 0.15) is 0 Å². The number of rotatable bonds is 3. The summed E-state index contributed by atoms with van der Waals surface area (Å²) in [6.45, 7) is 7.68. The largest absolute Gasteiger partial charge is 0.315 e. The molecule has 0 aromatic rings. The Bertz CT molecular complexity index is 307. The Morgan fingerprint density at radius 3 is 2.65 bits per heavy atom. The van der Waals surface area contributed by atoms with Crippen molar-refractivity contribution in [3.05, 3.63) is 0 Å². The summed E-state index contributed by atoms with van der Waals surface area (Å²) in [5.74, 6) is 0.967. The second-order valence-corrected chi connectivity index (χ2v) is 7.23. The number of hydrogen-bond donors (Lipinski definition) is 1. The molecule has 0 aromatic heterocycles. The van der Waals surface area contributed by atoms with Gasteiger partial charge in [0.25, 0.3) is 0 Å².